The van der Waals surface area contributed by atoms with Crippen LogP contribution >= 0.6 is 0 Å². The van der Waals surface area contributed by atoms with Gasteiger partial charge < -0.3 is 13.7 Å². The fourth-order valence-electron chi connectivity index (χ4n) is 11.2. The molecule has 63 heavy (non-hydrogen) atoms. The second kappa shape index (κ2) is 13.2. The average Bonchev–Trinajstić information content (AvgIpc) is 4.05. The minimum atomic E-state index is -0.639. The number of hydrogen-bond acceptors (Lipinski definition) is 3. The van der Waals surface area contributed by atoms with E-state index in [2.05, 4.69) is 215 Å². The Morgan fingerprint density at radius 1 is 0.460 bits per heavy atom. The van der Waals surface area contributed by atoms with Crippen LogP contribution in [-0.2, 0) is 5.41 Å². The highest BCUT2D eigenvalue weighted by atomic mass is 16.3. The van der Waals surface area contributed by atoms with Crippen molar-refractivity contribution in [3.05, 3.63) is 221 Å². The first-order valence-electron chi connectivity index (χ1n) is 22.1. The zero-order valence-corrected chi connectivity index (χ0v) is 35.7. The summed E-state index contributed by atoms with van der Waals surface area (Å²) in [5.41, 5.74) is 22.2. The Kier molecular flexibility index (Phi) is 7.55. The van der Waals surface area contributed by atoms with E-state index in [-0.39, 0.29) is 0 Å². The lowest BCUT2D eigenvalue weighted by Gasteiger charge is -2.32. The van der Waals surface area contributed by atoms with Crippen LogP contribution in [0.2, 0.25) is 0 Å². The molecule has 2 aliphatic carbocycles. The third kappa shape index (κ3) is 4.91. The Bertz CT molecular complexity index is 3630. The number of fused-ring (bicyclic) bond motifs is 18. The van der Waals surface area contributed by atoms with Crippen LogP contribution in [0, 0.1) is 13.8 Å². The van der Waals surface area contributed by atoms with Crippen LogP contribution in [0.5, 0.6) is 0 Å². The molecule has 0 amide bonds. The number of rotatable bonds is 5. The van der Waals surface area contributed by atoms with Crippen molar-refractivity contribution >= 4 is 60.9 Å². The first kappa shape index (κ1) is 36.1. The molecule has 0 unspecified atom stereocenters. The van der Waals surface area contributed by atoms with E-state index in [0.717, 1.165) is 66.5 Å². The standard InChI is InChI=1S/C60H43NO2/c1-35(2)38-26-29-40(30-27-38)61(41-28-23-37(4)46(33-41)39-24-21-36(3)22-25-39)51-34-50-58(59-55(51)44-15-7-12-20-53(44)63-59)57-49(31-32-54-56(57)45-16-8-11-19-52(45)62-54)60(50)47-17-9-5-13-42(47)43-14-6-10-18-48(43)60/h5-35H,1-4H3. The molecule has 0 fully saturated rings. The first-order chi connectivity index (χ1) is 30.9. The second-order valence-corrected chi connectivity index (χ2v) is 17.9. The van der Waals surface area contributed by atoms with Gasteiger partial charge in [0.25, 0.3) is 0 Å². The molecule has 2 heterocycles. The van der Waals surface area contributed by atoms with Gasteiger partial charge in [0.1, 0.15) is 22.3 Å². The van der Waals surface area contributed by atoms with E-state index >= 15 is 0 Å². The summed E-state index contributed by atoms with van der Waals surface area (Å²) >= 11 is 0. The van der Waals surface area contributed by atoms with Crippen molar-refractivity contribution in [3.63, 3.8) is 0 Å². The summed E-state index contributed by atoms with van der Waals surface area (Å²) in [5, 5.41) is 4.40. The van der Waals surface area contributed by atoms with Gasteiger partial charge in [-0.3, -0.25) is 0 Å². The molecule has 0 aliphatic heterocycles. The maximum absolute atomic E-state index is 7.35. The zero-order chi connectivity index (χ0) is 42.1. The molecule has 13 rings (SSSR count). The van der Waals surface area contributed by atoms with Crippen molar-refractivity contribution in [1.82, 2.24) is 0 Å². The largest absolute Gasteiger partial charge is 0.456 e. The predicted molar refractivity (Wildman–Crippen MR) is 261 cm³/mol. The van der Waals surface area contributed by atoms with E-state index in [1.807, 2.05) is 0 Å². The molecule has 0 saturated heterocycles. The predicted octanol–water partition coefficient (Wildman–Crippen LogP) is 16.7. The minimum Gasteiger partial charge on any atom is -0.456 e. The number of aryl methyl sites for hydroxylation is 2. The molecule has 2 aromatic heterocycles. The molecule has 3 nitrogen and oxygen atoms in total. The monoisotopic (exact) mass is 809 g/mol. The highest BCUT2D eigenvalue weighted by Gasteiger charge is 2.54. The van der Waals surface area contributed by atoms with E-state index in [9.17, 15) is 0 Å². The average molecular weight is 810 g/mol. The van der Waals surface area contributed by atoms with Gasteiger partial charge in [0.15, 0.2) is 0 Å². The lowest BCUT2D eigenvalue weighted by Crippen LogP contribution is -2.26. The zero-order valence-electron chi connectivity index (χ0n) is 35.7. The Labute approximate surface area is 366 Å². The van der Waals surface area contributed by atoms with Gasteiger partial charge in [0.05, 0.1) is 16.5 Å². The van der Waals surface area contributed by atoms with Gasteiger partial charge in [-0.15, -0.1) is 0 Å². The van der Waals surface area contributed by atoms with Gasteiger partial charge in [-0.05, 0) is 124 Å². The van der Waals surface area contributed by atoms with Gasteiger partial charge in [-0.25, -0.2) is 0 Å². The van der Waals surface area contributed by atoms with Gasteiger partial charge in [0.2, 0.25) is 0 Å². The third-order valence-corrected chi connectivity index (χ3v) is 14.1. The summed E-state index contributed by atoms with van der Waals surface area (Å²) in [4.78, 5) is 2.48. The number of furan rings is 2. The van der Waals surface area contributed by atoms with E-state index in [4.69, 9.17) is 8.83 Å². The van der Waals surface area contributed by atoms with Crippen LogP contribution < -0.4 is 4.90 Å². The summed E-state index contributed by atoms with van der Waals surface area (Å²) in [7, 11) is 0. The first-order valence-corrected chi connectivity index (χ1v) is 22.1. The smallest absolute Gasteiger partial charge is 0.145 e. The quantitative estimate of drug-likeness (QED) is 0.173. The Morgan fingerprint density at radius 3 is 1.78 bits per heavy atom. The molecule has 0 radical (unpaired) electrons. The SMILES string of the molecule is Cc1ccc(-c2cc(N(c3ccc(C(C)C)cc3)c3cc4c(c5oc6ccccc6c35)-c3c(ccc5oc6ccccc6c35)C43c4ccccc4-c4ccccc43)ccc2C)cc1. The van der Waals surface area contributed by atoms with Crippen LogP contribution in [0.1, 0.15) is 58.7 Å². The molecular formula is C60H43NO2. The Morgan fingerprint density at radius 2 is 1.08 bits per heavy atom. The summed E-state index contributed by atoms with van der Waals surface area (Å²) in [5.74, 6) is 0.404. The second-order valence-electron chi connectivity index (χ2n) is 17.9. The molecule has 0 saturated carbocycles. The number of benzene rings is 9. The Hall–Kier alpha value is -7.62. The third-order valence-electron chi connectivity index (χ3n) is 14.1. The van der Waals surface area contributed by atoms with Gasteiger partial charge in [-0.1, -0.05) is 153 Å². The molecule has 1 spiro atoms. The molecule has 0 atom stereocenters. The van der Waals surface area contributed by atoms with E-state index in [1.165, 1.54) is 66.8 Å². The van der Waals surface area contributed by atoms with Crippen molar-refractivity contribution in [2.75, 3.05) is 4.90 Å². The fraction of sp³-hybridized carbons (Fsp3) is 0.100. The van der Waals surface area contributed by atoms with E-state index in [1.54, 1.807) is 0 Å². The molecule has 3 heteroatoms. The number of para-hydroxylation sites is 2. The van der Waals surface area contributed by atoms with Crippen LogP contribution in [0.25, 0.3) is 77.3 Å². The lowest BCUT2D eigenvalue weighted by atomic mass is 9.70. The molecular weight excluding hydrogens is 767 g/mol. The van der Waals surface area contributed by atoms with Crippen molar-refractivity contribution in [2.24, 2.45) is 0 Å². The highest BCUT2D eigenvalue weighted by Crippen LogP contribution is 2.67. The summed E-state index contributed by atoms with van der Waals surface area (Å²) in [6.45, 7) is 8.89. The van der Waals surface area contributed by atoms with Crippen molar-refractivity contribution < 1.29 is 8.83 Å². The van der Waals surface area contributed by atoms with Crippen molar-refractivity contribution in [3.8, 4) is 33.4 Å². The van der Waals surface area contributed by atoms with Gasteiger partial charge >= 0.3 is 0 Å². The summed E-state index contributed by atoms with van der Waals surface area (Å²) in [6.07, 6.45) is 0. The number of hydrogen-bond donors (Lipinski definition) is 0. The molecule has 0 N–H and O–H groups in total. The molecule has 11 aromatic rings. The van der Waals surface area contributed by atoms with Crippen molar-refractivity contribution in [1.29, 1.82) is 0 Å². The summed E-state index contributed by atoms with van der Waals surface area (Å²) in [6, 6.07) is 67.2. The van der Waals surface area contributed by atoms with Crippen LogP contribution in [-0.4, -0.2) is 0 Å². The lowest BCUT2D eigenvalue weighted by molar-refractivity contribution is 0.668. The van der Waals surface area contributed by atoms with Crippen LogP contribution in [0.4, 0.5) is 17.1 Å². The van der Waals surface area contributed by atoms with E-state index in [0.29, 0.717) is 5.92 Å². The molecule has 0 bridgehead atoms. The number of nitrogens with zero attached hydrogens (tertiary/aromatic N) is 1. The fourth-order valence-corrected chi connectivity index (χ4v) is 11.2. The van der Waals surface area contributed by atoms with E-state index < -0.39 is 5.41 Å². The summed E-state index contributed by atoms with van der Waals surface area (Å²) < 4.78 is 14.0. The maximum atomic E-state index is 7.35. The minimum absolute atomic E-state index is 0.404. The molecule has 2 aliphatic rings. The topological polar surface area (TPSA) is 29.5 Å². The van der Waals surface area contributed by atoms with Crippen molar-refractivity contribution in [2.45, 2.75) is 39.0 Å². The molecule has 300 valence electrons. The Balaban J connectivity index is 1.22. The van der Waals surface area contributed by atoms with Gasteiger partial charge in [0, 0.05) is 38.7 Å². The number of anilines is 3. The molecule has 9 aromatic carbocycles. The highest BCUT2D eigenvalue weighted by molar-refractivity contribution is 6.24. The van der Waals surface area contributed by atoms with Crippen LogP contribution in [0.3, 0.4) is 0 Å². The normalized spacial score (nSPS) is 13.3. The maximum Gasteiger partial charge on any atom is 0.145 e. The van der Waals surface area contributed by atoms with Gasteiger partial charge in [-0.2, -0.15) is 0 Å². The van der Waals surface area contributed by atoms with Crippen LogP contribution in [0.15, 0.2) is 191 Å².